The molecular weight excluding hydrogens is 386 g/mol. The number of benzene rings is 2. The molecule has 6 nitrogen and oxygen atoms in total. The molecule has 2 aromatic rings. The molecule has 0 atom stereocenters. The maximum atomic E-state index is 12.2. The number of nitrogens with zero attached hydrogens (tertiary/aromatic N) is 2. The number of carbonyl (C=O) groups excluding carboxylic acids is 1. The van der Waals surface area contributed by atoms with Crippen LogP contribution in [0.4, 0.5) is 17.1 Å². The number of fused-ring (bicyclic) bond motifs is 1. The third kappa shape index (κ3) is 2.73. The number of non-ortho nitro benzene ring substituents is 1. The van der Waals surface area contributed by atoms with Crippen molar-refractivity contribution in [3.63, 3.8) is 0 Å². The first-order valence-electron chi connectivity index (χ1n) is 6.52. The van der Waals surface area contributed by atoms with Gasteiger partial charge in [0.25, 0.3) is 11.6 Å². The molecule has 0 aliphatic carbocycles. The van der Waals surface area contributed by atoms with E-state index in [1.165, 1.54) is 24.3 Å². The molecule has 0 aromatic heterocycles. The third-order valence-electron chi connectivity index (χ3n) is 3.46. The van der Waals surface area contributed by atoms with Crippen LogP contribution in [0.25, 0.3) is 0 Å². The van der Waals surface area contributed by atoms with Crippen LogP contribution < -0.4 is 5.32 Å². The molecule has 0 unspecified atom stereocenters. The summed E-state index contributed by atoms with van der Waals surface area (Å²) in [4.78, 5) is 26.7. The van der Waals surface area contributed by atoms with Gasteiger partial charge in [-0.3, -0.25) is 14.9 Å². The van der Waals surface area contributed by atoms with E-state index in [0.29, 0.717) is 26.4 Å². The van der Waals surface area contributed by atoms with Crippen LogP contribution in [-0.4, -0.2) is 16.5 Å². The number of nitro groups is 1. The minimum Gasteiger partial charge on any atom is -0.320 e. The Kier molecular flexibility index (Phi) is 3.91. The van der Waals surface area contributed by atoms with Crippen molar-refractivity contribution in [1.82, 2.24) is 0 Å². The Morgan fingerprint density at radius 2 is 1.96 bits per heavy atom. The summed E-state index contributed by atoms with van der Waals surface area (Å²) in [6.45, 7) is 1.81. The van der Waals surface area contributed by atoms with E-state index in [9.17, 15) is 14.9 Å². The summed E-state index contributed by atoms with van der Waals surface area (Å²) in [6.07, 6.45) is 0. The fourth-order valence-corrected chi connectivity index (χ4v) is 2.96. The number of nitro benzene ring substituents is 1. The second-order valence-electron chi connectivity index (χ2n) is 4.91. The molecule has 0 radical (unpaired) electrons. The highest BCUT2D eigenvalue weighted by atomic mass is 79.9. The van der Waals surface area contributed by atoms with Crippen LogP contribution in [0.15, 0.2) is 39.8 Å². The second-order valence-corrected chi connectivity index (χ2v) is 6.14. The van der Waals surface area contributed by atoms with E-state index >= 15 is 0 Å². The number of rotatable bonds is 2. The fourth-order valence-electron chi connectivity index (χ4n) is 2.28. The molecule has 1 aliphatic heterocycles. The number of hydrogen-bond donors (Lipinski definition) is 1. The number of anilines is 1. The van der Waals surface area contributed by atoms with Gasteiger partial charge in [0.15, 0.2) is 0 Å². The van der Waals surface area contributed by atoms with Crippen molar-refractivity contribution in [3.05, 3.63) is 61.1 Å². The maximum Gasteiger partial charge on any atom is 0.275 e. The molecule has 1 amide bonds. The number of carbonyl (C=O) groups is 1. The van der Waals surface area contributed by atoms with Gasteiger partial charge in [-0.2, -0.15) is 0 Å². The maximum absolute atomic E-state index is 12.2. The average molecular weight is 395 g/mol. The van der Waals surface area contributed by atoms with Crippen molar-refractivity contribution in [2.24, 2.45) is 4.99 Å². The molecule has 116 valence electrons. The number of halogens is 2. The predicted octanol–water partition coefficient (Wildman–Crippen LogP) is 4.39. The van der Waals surface area contributed by atoms with E-state index in [1.54, 1.807) is 13.0 Å². The summed E-state index contributed by atoms with van der Waals surface area (Å²) in [5.74, 6) is -0.337. The molecule has 0 saturated heterocycles. The lowest BCUT2D eigenvalue weighted by Crippen LogP contribution is -2.14. The topological polar surface area (TPSA) is 84.6 Å². The number of hydrogen-bond acceptors (Lipinski definition) is 4. The smallest absolute Gasteiger partial charge is 0.275 e. The standard InChI is InChI=1S/C15H9BrClN3O3/c1-7-12(17)11(16)6-10-13(7)19-15(21)14(10)18-8-2-4-9(5-3-8)20(22)23/h2-6H,1H3,(H,18,19,21). The first-order chi connectivity index (χ1) is 10.9. The van der Waals surface area contributed by atoms with Gasteiger partial charge < -0.3 is 5.32 Å². The van der Waals surface area contributed by atoms with Gasteiger partial charge in [0.2, 0.25) is 0 Å². The zero-order valence-corrected chi connectivity index (χ0v) is 14.1. The minimum absolute atomic E-state index is 0.0319. The summed E-state index contributed by atoms with van der Waals surface area (Å²) < 4.78 is 0.670. The SMILES string of the molecule is Cc1c(Cl)c(Br)cc2c1NC(=O)C2=Nc1ccc([N+](=O)[O-])cc1. The van der Waals surface area contributed by atoms with Crippen LogP contribution in [0.1, 0.15) is 11.1 Å². The third-order valence-corrected chi connectivity index (χ3v) is 4.81. The predicted molar refractivity (Wildman–Crippen MR) is 91.8 cm³/mol. The number of nitrogens with one attached hydrogen (secondary N) is 1. The van der Waals surface area contributed by atoms with Crippen LogP contribution >= 0.6 is 27.5 Å². The number of amides is 1. The minimum atomic E-state index is -0.489. The Labute approximate surface area is 144 Å². The first kappa shape index (κ1) is 15.6. The highest BCUT2D eigenvalue weighted by Gasteiger charge is 2.29. The molecule has 1 aliphatic rings. The molecular formula is C15H9BrClN3O3. The fraction of sp³-hybridized carbons (Fsp3) is 0.0667. The molecule has 8 heteroatoms. The number of aliphatic imine (C=N–C) groups is 1. The summed E-state index contributed by atoms with van der Waals surface area (Å²) in [5, 5.41) is 13.9. The van der Waals surface area contributed by atoms with Crippen LogP contribution in [-0.2, 0) is 4.79 Å². The van der Waals surface area contributed by atoms with Gasteiger partial charge in [0.1, 0.15) is 5.71 Å². The van der Waals surface area contributed by atoms with Gasteiger partial charge in [-0.05, 0) is 46.6 Å². The van der Waals surface area contributed by atoms with Crippen LogP contribution in [0.3, 0.4) is 0 Å². The van der Waals surface area contributed by atoms with Crippen molar-refractivity contribution < 1.29 is 9.72 Å². The van der Waals surface area contributed by atoms with Crippen molar-refractivity contribution in [3.8, 4) is 0 Å². The summed E-state index contributed by atoms with van der Waals surface area (Å²) in [7, 11) is 0. The van der Waals surface area contributed by atoms with E-state index in [2.05, 4.69) is 26.2 Å². The Balaban J connectivity index is 2.08. The van der Waals surface area contributed by atoms with Crippen LogP contribution in [0.5, 0.6) is 0 Å². The molecule has 1 heterocycles. The van der Waals surface area contributed by atoms with E-state index in [0.717, 1.165) is 5.56 Å². The molecule has 0 saturated carbocycles. The normalized spacial score (nSPS) is 14.7. The zero-order valence-electron chi connectivity index (χ0n) is 11.8. The second kappa shape index (κ2) is 5.75. The van der Waals surface area contributed by atoms with Crippen molar-refractivity contribution in [2.45, 2.75) is 6.92 Å². The largest absolute Gasteiger partial charge is 0.320 e. The molecule has 0 bridgehead atoms. The molecule has 0 fully saturated rings. The van der Waals surface area contributed by atoms with Gasteiger partial charge in [0.05, 0.1) is 21.3 Å². The van der Waals surface area contributed by atoms with Crippen molar-refractivity contribution in [1.29, 1.82) is 0 Å². The van der Waals surface area contributed by atoms with Gasteiger partial charge in [0, 0.05) is 22.2 Å². The lowest BCUT2D eigenvalue weighted by Gasteiger charge is -2.07. The Bertz CT molecular complexity index is 879. The molecule has 3 rings (SSSR count). The van der Waals surface area contributed by atoms with E-state index < -0.39 is 4.92 Å². The molecule has 23 heavy (non-hydrogen) atoms. The average Bonchev–Trinajstić information content (AvgIpc) is 2.82. The lowest BCUT2D eigenvalue weighted by molar-refractivity contribution is -0.384. The highest BCUT2D eigenvalue weighted by Crippen LogP contribution is 2.38. The Morgan fingerprint density at radius 3 is 2.57 bits per heavy atom. The Morgan fingerprint density at radius 1 is 1.30 bits per heavy atom. The molecule has 2 aromatic carbocycles. The van der Waals surface area contributed by atoms with Gasteiger partial charge in [-0.1, -0.05) is 11.6 Å². The summed E-state index contributed by atoms with van der Waals surface area (Å²) >= 11 is 9.52. The van der Waals surface area contributed by atoms with Gasteiger partial charge in [-0.25, -0.2) is 4.99 Å². The van der Waals surface area contributed by atoms with Crippen LogP contribution in [0, 0.1) is 17.0 Å². The highest BCUT2D eigenvalue weighted by molar-refractivity contribution is 9.10. The first-order valence-corrected chi connectivity index (χ1v) is 7.69. The van der Waals surface area contributed by atoms with Crippen LogP contribution in [0.2, 0.25) is 5.02 Å². The Hall–Kier alpha value is -2.25. The van der Waals surface area contributed by atoms with E-state index in [4.69, 9.17) is 11.6 Å². The lowest BCUT2D eigenvalue weighted by atomic mass is 10.1. The summed E-state index contributed by atoms with van der Waals surface area (Å²) in [6, 6.07) is 7.40. The van der Waals surface area contributed by atoms with Crippen molar-refractivity contribution >= 4 is 56.2 Å². The monoisotopic (exact) mass is 393 g/mol. The van der Waals surface area contributed by atoms with E-state index in [1.807, 2.05) is 0 Å². The zero-order chi connectivity index (χ0) is 16.7. The van der Waals surface area contributed by atoms with Gasteiger partial charge >= 0.3 is 0 Å². The quantitative estimate of drug-likeness (QED) is 0.605. The summed E-state index contributed by atoms with van der Waals surface area (Å²) in [5.41, 5.74) is 2.69. The molecule has 1 N–H and O–H groups in total. The van der Waals surface area contributed by atoms with Crippen molar-refractivity contribution in [2.75, 3.05) is 5.32 Å². The van der Waals surface area contributed by atoms with E-state index in [-0.39, 0.29) is 17.3 Å². The van der Waals surface area contributed by atoms with Gasteiger partial charge in [-0.15, -0.1) is 0 Å². The molecule has 0 spiro atoms.